The van der Waals surface area contributed by atoms with Crippen molar-refractivity contribution in [3.63, 3.8) is 0 Å². The summed E-state index contributed by atoms with van der Waals surface area (Å²) in [5.41, 5.74) is 1.70. The van der Waals surface area contributed by atoms with Gasteiger partial charge in [0.1, 0.15) is 0 Å². The maximum Gasteiger partial charge on any atom is 0.319 e. The largest absolute Gasteiger partial charge is 0.381 e. The van der Waals surface area contributed by atoms with E-state index in [1.165, 1.54) is 0 Å². The van der Waals surface area contributed by atoms with Crippen LogP contribution in [0.2, 0.25) is 5.02 Å². The van der Waals surface area contributed by atoms with E-state index < -0.39 is 0 Å². The van der Waals surface area contributed by atoms with E-state index in [2.05, 4.69) is 10.6 Å². The lowest BCUT2D eigenvalue weighted by Gasteiger charge is -2.22. The number of hydrogen-bond acceptors (Lipinski definition) is 2. The zero-order valence-electron chi connectivity index (χ0n) is 11.0. The highest BCUT2D eigenvalue weighted by Gasteiger charge is 2.14. The Kier molecular flexibility index (Phi) is 5.05. The fourth-order valence-corrected chi connectivity index (χ4v) is 2.21. The van der Waals surface area contributed by atoms with Crippen molar-refractivity contribution in [1.29, 1.82) is 0 Å². The summed E-state index contributed by atoms with van der Waals surface area (Å²) >= 11 is 6.01. The van der Waals surface area contributed by atoms with Crippen LogP contribution >= 0.6 is 11.6 Å². The third-order valence-electron chi connectivity index (χ3n) is 3.32. The first-order valence-corrected chi connectivity index (χ1v) is 6.91. The minimum Gasteiger partial charge on any atom is -0.381 e. The minimum atomic E-state index is -0.189. The van der Waals surface area contributed by atoms with Crippen LogP contribution in [-0.4, -0.2) is 25.8 Å². The number of aryl methyl sites for hydroxylation is 1. The lowest BCUT2D eigenvalue weighted by molar-refractivity contribution is 0.0671. The Balaban J connectivity index is 1.78. The summed E-state index contributed by atoms with van der Waals surface area (Å²) in [7, 11) is 0. The molecule has 0 aromatic heterocycles. The Morgan fingerprint density at radius 3 is 2.84 bits per heavy atom. The number of anilines is 1. The number of rotatable bonds is 3. The van der Waals surface area contributed by atoms with Crippen LogP contribution in [0.5, 0.6) is 0 Å². The van der Waals surface area contributed by atoms with Gasteiger partial charge in [0.05, 0.1) is 0 Å². The molecular weight excluding hydrogens is 264 g/mol. The first-order valence-electron chi connectivity index (χ1n) is 6.54. The number of urea groups is 1. The molecule has 2 amide bonds. The van der Waals surface area contributed by atoms with Crippen LogP contribution in [0.4, 0.5) is 10.5 Å². The smallest absolute Gasteiger partial charge is 0.319 e. The van der Waals surface area contributed by atoms with Crippen molar-refractivity contribution in [1.82, 2.24) is 5.32 Å². The van der Waals surface area contributed by atoms with Gasteiger partial charge in [-0.1, -0.05) is 17.7 Å². The predicted molar refractivity (Wildman–Crippen MR) is 76.8 cm³/mol. The number of amides is 2. The molecule has 19 heavy (non-hydrogen) atoms. The highest BCUT2D eigenvalue weighted by atomic mass is 35.5. The number of ether oxygens (including phenoxy) is 1. The molecule has 1 fully saturated rings. The van der Waals surface area contributed by atoms with E-state index in [4.69, 9.17) is 16.3 Å². The average molecular weight is 283 g/mol. The number of halogens is 1. The van der Waals surface area contributed by atoms with Gasteiger partial charge in [-0.25, -0.2) is 4.79 Å². The summed E-state index contributed by atoms with van der Waals surface area (Å²) in [6.07, 6.45) is 2.02. The predicted octanol–water partition coefficient (Wildman–Crippen LogP) is 3.20. The van der Waals surface area contributed by atoms with Gasteiger partial charge in [0, 0.05) is 30.5 Å². The van der Waals surface area contributed by atoms with Crippen LogP contribution in [0.1, 0.15) is 18.4 Å². The van der Waals surface area contributed by atoms with Crippen LogP contribution in [0.15, 0.2) is 18.2 Å². The van der Waals surface area contributed by atoms with Crippen molar-refractivity contribution < 1.29 is 9.53 Å². The molecule has 0 bridgehead atoms. The van der Waals surface area contributed by atoms with E-state index in [0.717, 1.165) is 31.6 Å². The highest BCUT2D eigenvalue weighted by molar-refractivity contribution is 6.31. The monoisotopic (exact) mass is 282 g/mol. The fourth-order valence-electron chi connectivity index (χ4n) is 2.03. The van der Waals surface area contributed by atoms with E-state index in [9.17, 15) is 4.79 Å². The molecule has 1 aliphatic rings. The molecule has 0 spiro atoms. The van der Waals surface area contributed by atoms with Gasteiger partial charge in [-0.2, -0.15) is 0 Å². The molecule has 1 aromatic rings. The first kappa shape index (κ1) is 14.2. The molecule has 0 atom stereocenters. The quantitative estimate of drug-likeness (QED) is 0.894. The maximum absolute atomic E-state index is 11.8. The Morgan fingerprint density at radius 1 is 1.42 bits per heavy atom. The second kappa shape index (κ2) is 6.78. The molecular formula is C14H19ClN2O2. The average Bonchev–Trinajstić information content (AvgIpc) is 2.42. The molecule has 4 nitrogen and oxygen atoms in total. The standard InChI is InChI=1S/C14H19ClN2O2/c1-10-2-3-12(8-13(10)15)17-14(18)16-9-11-4-6-19-7-5-11/h2-3,8,11H,4-7,9H2,1H3,(H2,16,17,18). The second-order valence-corrected chi connectivity index (χ2v) is 5.26. The molecule has 1 aromatic carbocycles. The molecule has 2 rings (SSSR count). The first-order chi connectivity index (χ1) is 9.15. The van der Waals surface area contributed by atoms with Crippen molar-refractivity contribution in [3.05, 3.63) is 28.8 Å². The maximum atomic E-state index is 11.8. The van der Waals surface area contributed by atoms with Crippen molar-refractivity contribution >= 4 is 23.3 Å². The zero-order chi connectivity index (χ0) is 13.7. The van der Waals surface area contributed by atoms with Crippen LogP contribution in [-0.2, 0) is 4.74 Å². The fraction of sp³-hybridized carbons (Fsp3) is 0.500. The molecule has 0 radical (unpaired) electrons. The summed E-state index contributed by atoms with van der Waals surface area (Å²) in [5, 5.41) is 6.32. The third-order valence-corrected chi connectivity index (χ3v) is 3.73. The van der Waals surface area contributed by atoms with E-state index in [1.807, 2.05) is 19.1 Å². The van der Waals surface area contributed by atoms with Crippen LogP contribution in [0.25, 0.3) is 0 Å². The van der Waals surface area contributed by atoms with Gasteiger partial charge >= 0.3 is 6.03 Å². The summed E-state index contributed by atoms with van der Waals surface area (Å²) in [4.78, 5) is 11.8. The molecule has 1 aliphatic heterocycles. The SMILES string of the molecule is Cc1ccc(NC(=O)NCC2CCOCC2)cc1Cl. The van der Waals surface area contributed by atoms with E-state index in [1.54, 1.807) is 6.07 Å². The number of carbonyl (C=O) groups is 1. The van der Waals surface area contributed by atoms with Gasteiger partial charge in [-0.15, -0.1) is 0 Å². The van der Waals surface area contributed by atoms with Gasteiger partial charge in [-0.3, -0.25) is 0 Å². The molecule has 1 saturated heterocycles. The summed E-state index contributed by atoms with van der Waals surface area (Å²) in [6, 6.07) is 5.29. The lowest BCUT2D eigenvalue weighted by Crippen LogP contribution is -2.35. The minimum absolute atomic E-state index is 0.189. The van der Waals surface area contributed by atoms with Crippen molar-refractivity contribution in [2.24, 2.45) is 5.92 Å². The van der Waals surface area contributed by atoms with Gasteiger partial charge < -0.3 is 15.4 Å². The number of benzene rings is 1. The topological polar surface area (TPSA) is 50.4 Å². The zero-order valence-corrected chi connectivity index (χ0v) is 11.8. The summed E-state index contributed by atoms with van der Waals surface area (Å²) in [5.74, 6) is 0.515. The van der Waals surface area contributed by atoms with Crippen molar-refractivity contribution in [2.75, 3.05) is 25.1 Å². The molecule has 0 aliphatic carbocycles. The Hall–Kier alpha value is -1.26. The number of carbonyl (C=O) groups excluding carboxylic acids is 1. The Labute approximate surface area is 118 Å². The Morgan fingerprint density at radius 2 is 2.16 bits per heavy atom. The van der Waals surface area contributed by atoms with Crippen LogP contribution < -0.4 is 10.6 Å². The van der Waals surface area contributed by atoms with Crippen LogP contribution in [0, 0.1) is 12.8 Å². The molecule has 0 unspecified atom stereocenters. The molecule has 1 heterocycles. The summed E-state index contributed by atoms with van der Waals surface area (Å²) < 4.78 is 5.28. The number of nitrogens with one attached hydrogen (secondary N) is 2. The van der Waals surface area contributed by atoms with E-state index in [-0.39, 0.29) is 6.03 Å². The molecule has 5 heteroatoms. The molecule has 0 saturated carbocycles. The normalized spacial score (nSPS) is 16.1. The van der Waals surface area contributed by atoms with E-state index >= 15 is 0 Å². The Bertz CT molecular complexity index is 445. The number of hydrogen-bond donors (Lipinski definition) is 2. The van der Waals surface area contributed by atoms with Gasteiger partial charge in [0.2, 0.25) is 0 Å². The van der Waals surface area contributed by atoms with Gasteiger partial charge in [-0.05, 0) is 43.4 Å². The third kappa shape index (κ3) is 4.40. The second-order valence-electron chi connectivity index (χ2n) is 4.85. The highest BCUT2D eigenvalue weighted by Crippen LogP contribution is 2.20. The van der Waals surface area contributed by atoms with Crippen molar-refractivity contribution in [2.45, 2.75) is 19.8 Å². The molecule has 2 N–H and O–H groups in total. The van der Waals surface area contributed by atoms with Crippen LogP contribution in [0.3, 0.4) is 0 Å². The van der Waals surface area contributed by atoms with Gasteiger partial charge in [0.25, 0.3) is 0 Å². The van der Waals surface area contributed by atoms with Crippen molar-refractivity contribution in [3.8, 4) is 0 Å². The van der Waals surface area contributed by atoms with E-state index in [0.29, 0.717) is 23.2 Å². The summed E-state index contributed by atoms with van der Waals surface area (Å²) in [6.45, 7) is 4.20. The lowest BCUT2D eigenvalue weighted by atomic mass is 10.0. The molecule has 104 valence electrons. The van der Waals surface area contributed by atoms with Gasteiger partial charge in [0.15, 0.2) is 0 Å².